The van der Waals surface area contributed by atoms with Crippen molar-refractivity contribution in [1.82, 2.24) is 0 Å². The van der Waals surface area contributed by atoms with Crippen molar-refractivity contribution in [3.8, 4) is 0 Å². The zero-order valence-corrected chi connectivity index (χ0v) is 20.8. The molecule has 34 heavy (non-hydrogen) atoms. The molecule has 1 heterocycles. The number of hydrogen-bond acceptors (Lipinski definition) is 7. The van der Waals surface area contributed by atoms with Crippen molar-refractivity contribution in [3.05, 3.63) is 11.6 Å². The third kappa shape index (κ3) is 4.35. The average molecular weight is 482 g/mol. The van der Waals surface area contributed by atoms with E-state index >= 15 is 0 Å². The topological polar surface area (TPSA) is 142 Å². The molecule has 10 atom stereocenters. The third-order valence-electron chi connectivity index (χ3n) is 9.90. The van der Waals surface area contributed by atoms with Gasteiger partial charge in [0, 0.05) is 5.41 Å². The highest BCUT2D eigenvalue weighted by Crippen LogP contribution is 2.63. The second-order valence-electron chi connectivity index (χ2n) is 12.1. The van der Waals surface area contributed by atoms with Gasteiger partial charge in [0.1, 0.15) is 24.4 Å². The second kappa shape index (κ2) is 9.45. The van der Waals surface area contributed by atoms with Crippen molar-refractivity contribution in [2.45, 2.75) is 103 Å². The number of primary amides is 1. The van der Waals surface area contributed by atoms with Crippen LogP contribution in [0.25, 0.3) is 0 Å². The standard InChI is InChI=1S/C26H43NO7/c1-24(11-12-33-22-21(31)20(30)19(29)17(14-28)34-22)10-7-16-15(13-24)5-6-18-25(16,2)8-4-9-26(18,3)23(27)32/h5,16-22,28-31H,4,6-14H2,1-3H3,(H2,27,32)/t16-,17-,18-,19-,20+,21+,22+,24+,25-,26-/m1/s1. The molecule has 1 saturated heterocycles. The summed E-state index contributed by atoms with van der Waals surface area (Å²) < 4.78 is 11.3. The summed E-state index contributed by atoms with van der Waals surface area (Å²) in [4.78, 5) is 12.4. The quantitative estimate of drug-likeness (QED) is 0.363. The van der Waals surface area contributed by atoms with Gasteiger partial charge in [-0.25, -0.2) is 0 Å². The third-order valence-corrected chi connectivity index (χ3v) is 9.90. The van der Waals surface area contributed by atoms with Crippen LogP contribution in [0.1, 0.15) is 72.1 Å². The number of amides is 1. The molecule has 2 saturated carbocycles. The number of carbonyl (C=O) groups is 1. The summed E-state index contributed by atoms with van der Waals surface area (Å²) in [6.07, 6.45) is 3.98. The second-order valence-corrected chi connectivity index (χ2v) is 12.1. The van der Waals surface area contributed by atoms with Gasteiger partial charge < -0.3 is 35.6 Å². The van der Waals surface area contributed by atoms with E-state index in [-0.39, 0.29) is 16.7 Å². The van der Waals surface area contributed by atoms with Crippen LogP contribution in [-0.4, -0.2) is 70.3 Å². The van der Waals surface area contributed by atoms with Crippen LogP contribution >= 0.6 is 0 Å². The Kier molecular flexibility index (Phi) is 7.24. The fraction of sp³-hybridized carbons (Fsp3) is 0.885. The van der Waals surface area contributed by atoms with Crippen molar-refractivity contribution in [1.29, 1.82) is 0 Å². The summed E-state index contributed by atoms with van der Waals surface area (Å²) in [5.74, 6) is 0.606. The monoisotopic (exact) mass is 481 g/mol. The lowest BCUT2D eigenvalue weighted by molar-refractivity contribution is -0.302. The Morgan fingerprint density at radius 1 is 1.15 bits per heavy atom. The predicted octanol–water partition coefficient (Wildman–Crippen LogP) is 1.63. The first-order valence-electron chi connectivity index (χ1n) is 12.9. The zero-order valence-electron chi connectivity index (χ0n) is 20.8. The molecule has 8 heteroatoms. The molecule has 194 valence electrons. The molecule has 1 amide bonds. The van der Waals surface area contributed by atoms with E-state index in [2.05, 4.69) is 26.8 Å². The molecule has 0 unspecified atom stereocenters. The maximum Gasteiger partial charge on any atom is 0.223 e. The normalized spacial score (nSPS) is 49.0. The molecule has 0 aromatic carbocycles. The summed E-state index contributed by atoms with van der Waals surface area (Å²) >= 11 is 0. The van der Waals surface area contributed by atoms with Crippen LogP contribution < -0.4 is 5.73 Å². The molecular weight excluding hydrogens is 438 g/mol. The largest absolute Gasteiger partial charge is 0.394 e. The molecule has 6 N–H and O–H groups in total. The Morgan fingerprint density at radius 2 is 1.88 bits per heavy atom. The van der Waals surface area contributed by atoms with Crippen molar-refractivity contribution in [3.63, 3.8) is 0 Å². The minimum absolute atomic E-state index is 0.0430. The maximum atomic E-state index is 12.4. The highest BCUT2D eigenvalue weighted by molar-refractivity contribution is 5.81. The minimum Gasteiger partial charge on any atom is -0.394 e. The van der Waals surface area contributed by atoms with E-state index in [1.54, 1.807) is 0 Å². The summed E-state index contributed by atoms with van der Waals surface area (Å²) in [5.41, 5.74) is 7.09. The van der Waals surface area contributed by atoms with Gasteiger partial charge >= 0.3 is 0 Å². The van der Waals surface area contributed by atoms with Crippen LogP contribution in [0.5, 0.6) is 0 Å². The molecule has 3 fully saturated rings. The Morgan fingerprint density at radius 3 is 2.56 bits per heavy atom. The molecule has 1 aliphatic heterocycles. The number of carbonyl (C=O) groups excluding carboxylic acids is 1. The predicted molar refractivity (Wildman–Crippen MR) is 125 cm³/mol. The summed E-state index contributed by atoms with van der Waals surface area (Å²) in [5, 5.41) is 39.5. The minimum atomic E-state index is -1.43. The maximum absolute atomic E-state index is 12.4. The number of rotatable bonds is 6. The number of hydrogen-bond donors (Lipinski definition) is 5. The van der Waals surface area contributed by atoms with Gasteiger partial charge in [-0.1, -0.05) is 38.8 Å². The molecule has 8 nitrogen and oxygen atoms in total. The first-order valence-corrected chi connectivity index (χ1v) is 12.9. The van der Waals surface area contributed by atoms with Gasteiger partial charge in [0.2, 0.25) is 5.91 Å². The molecule has 0 aromatic heterocycles. The molecule has 4 rings (SSSR count). The van der Waals surface area contributed by atoms with E-state index in [1.165, 1.54) is 5.57 Å². The van der Waals surface area contributed by atoms with Gasteiger partial charge in [-0.15, -0.1) is 0 Å². The van der Waals surface area contributed by atoms with E-state index in [9.17, 15) is 25.2 Å². The van der Waals surface area contributed by atoms with Crippen LogP contribution in [-0.2, 0) is 14.3 Å². The lowest BCUT2D eigenvalue weighted by atomic mass is 9.45. The number of fused-ring (bicyclic) bond motifs is 3. The Balaban J connectivity index is 1.39. The number of aliphatic hydroxyl groups excluding tert-OH is 4. The summed E-state index contributed by atoms with van der Waals surface area (Å²) in [6, 6.07) is 0. The van der Waals surface area contributed by atoms with Crippen molar-refractivity contribution in [2.24, 2.45) is 33.8 Å². The number of nitrogens with two attached hydrogens (primary N) is 1. The summed E-state index contributed by atoms with van der Waals surface area (Å²) in [7, 11) is 0. The highest BCUT2D eigenvalue weighted by atomic mass is 16.7. The SMILES string of the molecule is C[C@@]1(CCO[C@H]2O[C@H](CO)[C@@H](O)[C@H](O)[C@@H]2O)CC[C@@H]2C(=CC[C@@H]3[C@]2(C)CCC[C@@]3(C)C(N)=O)C1. The molecule has 0 spiro atoms. The molecule has 3 aliphatic carbocycles. The average Bonchev–Trinajstić information content (AvgIpc) is 2.78. The van der Waals surface area contributed by atoms with Gasteiger partial charge in [0.25, 0.3) is 0 Å². The van der Waals surface area contributed by atoms with E-state index in [0.717, 1.165) is 51.4 Å². The van der Waals surface area contributed by atoms with Crippen LogP contribution in [0, 0.1) is 28.1 Å². The lowest BCUT2D eigenvalue weighted by Gasteiger charge is -2.59. The Bertz CT molecular complexity index is 802. The molecular formula is C26H43NO7. The molecule has 0 radical (unpaired) electrons. The summed E-state index contributed by atoms with van der Waals surface area (Å²) in [6.45, 7) is 6.59. The van der Waals surface area contributed by atoms with Crippen molar-refractivity contribution in [2.75, 3.05) is 13.2 Å². The van der Waals surface area contributed by atoms with Crippen LogP contribution in [0.2, 0.25) is 0 Å². The fourth-order valence-electron chi connectivity index (χ4n) is 7.61. The molecule has 0 bridgehead atoms. The van der Waals surface area contributed by atoms with Gasteiger partial charge in [0.05, 0.1) is 13.2 Å². The van der Waals surface area contributed by atoms with Crippen LogP contribution in [0.4, 0.5) is 0 Å². The lowest BCUT2D eigenvalue weighted by Crippen LogP contribution is -2.59. The number of allylic oxidation sites excluding steroid dienone is 2. The first kappa shape index (κ1) is 26.0. The number of ether oxygens (including phenoxy) is 2. The zero-order chi connectivity index (χ0) is 24.9. The molecule has 4 aliphatic rings. The highest BCUT2D eigenvalue weighted by Gasteiger charge is 2.57. The van der Waals surface area contributed by atoms with Gasteiger partial charge in [-0.3, -0.25) is 4.79 Å². The fourth-order valence-corrected chi connectivity index (χ4v) is 7.61. The van der Waals surface area contributed by atoms with E-state index in [0.29, 0.717) is 18.4 Å². The Hall–Kier alpha value is -1.03. The van der Waals surface area contributed by atoms with Crippen LogP contribution in [0.3, 0.4) is 0 Å². The van der Waals surface area contributed by atoms with E-state index < -0.39 is 42.7 Å². The van der Waals surface area contributed by atoms with Crippen LogP contribution in [0.15, 0.2) is 11.6 Å². The number of aliphatic hydroxyl groups is 4. The smallest absolute Gasteiger partial charge is 0.223 e. The van der Waals surface area contributed by atoms with Crippen molar-refractivity contribution < 1.29 is 34.7 Å². The van der Waals surface area contributed by atoms with E-state index in [4.69, 9.17) is 15.2 Å². The first-order chi connectivity index (χ1) is 15.9. The van der Waals surface area contributed by atoms with Gasteiger partial charge in [-0.05, 0) is 67.6 Å². The van der Waals surface area contributed by atoms with E-state index in [1.807, 2.05) is 0 Å². The van der Waals surface area contributed by atoms with Crippen molar-refractivity contribution >= 4 is 5.91 Å². The van der Waals surface area contributed by atoms with Gasteiger partial charge in [-0.2, -0.15) is 0 Å². The Labute approximate surface area is 202 Å². The van der Waals surface area contributed by atoms with Gasteiger partial charge in [0.15, 0.2) is 6.29 Å². The molecule has 0 aromatic rings.